The van der Waals surface area contributed by atoms with Crippen LogP contribution in [-0.4, -0.2) is 35.8 Å². The van der Waals surface area contributed by atoms with Crippen LogP contribution in [0.15, 0.2) is 48.5 Å². The number of fused-ring (bicyclic) bond motifs is 1. The van der Waals surface area contributed by atoms with Crippen LogP contribution < -0.4 is 0 Å². The second kappa shape index (κ2) is 6.38. The van der Waals surface area contributed by atoms with Gasteiger partial charge in [-0.15, -0.1) is 0 Å². The Kier molecular flexibility index (Phi) is 4.09. The van der Waals surface area contributed by atoms with Crippen molar-refractivity contribution in [2.45, 2.75) is 56.4 Å². The summed E-state index contributed by atoms with van der Waals surface area (Å²) in [5.41, 5.74) is 4.82. The van der Waals surface area contributed by atoms with Gasteiger partial charge in [-0.3, -0.25) is 0 Å². The predicted octanol–water partition coefficient (Wildman–Crippen LogP) is 4.84. The van der Waals surface area contributed by atoms with Gasteiger partial charge in [-0.05, 0) is 41.7 Å². The highest BCUT2D eigenvalue weighted by Crippen LogP contribution is 2.57. The van der Waals surface area contributed by atoms with E-state index in [4.69, 9.17) is 0 Å². The number of benzene rings is 2. The number of aromatic hydroxyl groups is 1. The average Bonchev–Trinajstić information content (AvgIpc) is 2.71. The minimum absolute atomic E-state index is 0.333. The molecule has 2 fully saturated rings. The average molecular weight is 363 g/mol. The molecule has 1 aliphatic heterocycles. The van der Waals surface area contributed by atoms with Crippen LogP contribution in [-0.2, 0) is 18.3 Å². The normalized spacial score (nSPS) is 34.6. The van der Waals surface area contributed by atoms with E-state index in [0.29, 0.717) is 11.2 Å². The molecule has 142 valence electrons. The number of phenols is 1. The second-order valence-corrected chi connectivity index (χ2v) is 9.53. The van der Waals surface area contributed by atoms with Crippen LogP contribution in [0.4, 0.5) is 0 Å². The van der Waals surface area contributed by atoms with Crippen LogP contribution >= 0.6 is 0 Å². The molecule has 0 amide bonds. The van der Waals surface area contributed by atoms with E-state index in [1.807, 2.05) is 6.07 Å². The van der Waals surface area contributed by atoms with Crippen LogP contribution in [0.5, 0.6) is 5.75 Å². The van der Waals surface area contributed by atoms with Gasteiger partial charge in [0, 0.05) is 30.6 Å². The van der Waals surface area contributed by atoms with Crippen molar-refractivity contribution in [3.05, 3.63) is 65.2 Å². The summed E-state index contributed by atoms with van der Waals surface area (Å²) in [6, 6.07) is 18.0. The smallest absolute Gasteiger partial charge is 0.115 e. The summed E-state index contributed by atoms with van der Waals surface area (Å²) in [5, 5.41) is 10.2. The lowest BCUT2D eigenvalue weighted by atomic mass is 9.52. The van der Waals surface area contributed by atoms with Crippen molar-refractivity contribution in [2.24, 2.45) is 5.92 Å². The molecule has 2 nitrogen and oxygen atoms in total. The van der Waals surface area contributed by atoms with E-state index in [1.54, 1.807) is 0 Å². The van der Waals surface area contributed by atoms with Gasteiger partial charge in [0.1, 0.15) is 5.75 Å². The third kappa shape index (κ3) is 2.72. The lowest BCUT2D eigenvalue weighted by Gasteiger charge is -2.61. The van der Waals surface area contributed by atoms with Crippen molar-refractivity contribution in [1.29, 1.82) is 0 Å². The quantitative estimate of drug-likeness (QED) is 0.775. The first-order valence-electron chi connectivity index (χ1n) is 10.8. The monoisotopic (exact) mass is 362 g/mol. The zero-order chi connectivity index (χ0) is 18.5. The van der Waals surface area contributed by atoms with Crippen molar-refractivity contribution in [3.63, 3.8) is 0 Å². The van der Waals surface area contributed by atoms with Gasteiger partial charge in [-0.1, -0.05) is 49.2 Å². The molecule has 0 aromatic heterocycles. The SMILES string of the molecule is C[N+]1(CCc2ccccc2)CCC23CCCC[C@H]2C1Cc1ccc(O)cc13. The van der Waals surface area contributed by atoms with Crippen molar-refractivity contribution in [2.75, 3.05) is 20.1 Å². The summed E-state index contributed by atoms with van der Waals surface area (Å²) in [7, 11) is 2.53. The summed E-state index contributed by atoms with van der Waals surface area (Å²) >= 11 is 0. The van der Waals surface area contributed by atoms with Crippen LogP contribution in [0.25, 0.3) is 0 Å². The number of piperidine rings is 1. The Balaban J connectivity index is 1.50. The standard InChI is InChI=1S/C25H31NO/c1-26(15-12-19-7-3-2-4-8-19)16-14-25-13-6-5-9-22(25)24(26)17-20-10-11-21(27)18-23(20)25/h2-4,7-8,10-11,18,22,24H,5-6,9,12-17H2,1H3/p+1/t22-,24?,25?,26?/m0/s1. The first kappa shape index (κ1) is 17.3. The molecule has 2 aliphatic carbocycles. The number of hydrogen-bond donors (Lipinski definition) is 1. The molecule has 1 heterocycles. The Bertz CT molecular complexity index is 831. The highest BCUT2D eigenvalue weighted by Gasteiger charge is 2.58. The third-order valence-corrected chi connectivity index (χ3v) is 8.24. The number of nitrogens with zero attached hydrogens (tertiary/aromatic N) is 1. The zero-order valence-corrected chi connectivity index (χ0v) is 16.5. The van der Waals surface area contributed by atoms with Crippen LogP contribution in [0.2, 0.25) is 0 Å². The molecule has 3 aliphatic rings. The lowest BCUT2D eigenvalue weighted by molar-refractivity contribution is -0.945. The number of phenolic OH excluding ortho intramolecular Hbond substituents is 1. The molecule has 1 saturated carbocycles. The lowest BCUT2D eigenvalue weighted by Crippen LogP contribution is -2.68. The van der Waals surface area contributed by atoms with Crippen LogP contribution in [0.3, 0.4) is 0 Å². The molecule has 4 atom stereocenters. The van der Waals surface area contributed by atoms with Gasteiger partial charge >= 0.3 is 0 Å². The summed E-state index contributed by atoms with van der Waals surface area (Å²) in [4.78, 5) is 0. The fourth-order valence-corrected chi connectivity index (χ4v) is 6.76. The Morgan fingerprint density at radius 3 is 2.78 bits per heavy atom. The molecule has 1 N–H and O–H groups in total. The fraction of sp³-hybridized carbons (Fsp3) is 0.520. The van der Waals surface area contributed by atoms with Crippen molar-refractivity contribution in [3.8, 4) is 5.75 Å². The maximum atomic E-state index is 10.2. The van der Waals surface area contributed by atoms with Crippen LogP contribution in [0.1, 0.15) is 48.8 Å². The number of likely N-dealkylation sites (tertiary alicyclic amines) is 1. The Morgan fingerprint density at radius 2 is 1.93 bits per heavy atom. The summed E-state index contributed by atoms with van der Waals surface area (Å²) in [5.74, 6) is 1.24. The molecule has 5 rings (SSSR count). The second-order valence-electron chi connectivity index (χ2n) is 9.53. The maximum absolute atomic E-state index is 10.2. The van der Waals surface area contributed by atoms with Gasteiger partial charge in [-0.25, -0.2) is 0 Å². The van der Waals surface area contributed by atoms with Crippen molar-refractivity contribution < 1.29 is 9.59 Å². The topological polar surface area (TPSA) is 20.2 Å². The van der Waals surface area contributed by atoms with Gasteiger partial charge in [0.2, 0.25) is 0 Å². The van der Waals surface area contributed by atoms with E-state index in [0.717, 1.165) is 12.0 Å². The van der Waals surface area contributed by atoms with Crippen molar-refractivity contribution in [1.82, 2.24) is 0 Å². The molecular formula is C25H32NO+. The molecule has 3 unspecified atom stereocenters. The van der Waals surface area contributed by atoms with E-state index < -0.39 is 0 Å². The summed E-state index contributed by atoms with van der Waals surface area (Å²) in [6.45, 7) is 2.53. The van der Waals surface area contributed by atoms with E-state index in [1.165, 1.54) is 79.2 Å². The number of rotatable bonds is 3. The zero-order valence-electron chi connectivity index (χ0n) is 16.5. The van der Waals surface area contributed by atoms with E-state index in [-0.39, 0.29) is 0 Å². The molecule has 2 bridgehead atoms. The third-order valence-electron chi connectivity index (χ3n) is 8.24. The molecule has 2 aromatic carbocycles. The number of likely N-dealkylation sites (N-methyl/N-ethyl adjacent to an activating group) is 1. The van der Waals surface area contributed by atoms with Gasteiger partial charge in [0.25, 0.3) is 0 Å². The van der Waals surface area contributed by atoms with Crippen molar-refractivity contribution >= 4 is 0 Å². The minimum Gasteiger partial charge on any atom is -0.508 e. The predicted molar refractivity (Wildman–Crippen MR) is 110 cm³/mol. The molecule has 27 heavy (non-hydrogen) atoms. The Labute approximate surface area is 163 Å². The van der Waals surface area contributed by atoms with Gasteiger partial charge in [-0.2, -0.15) is 0 Å². The first-order valence-corrected chi connectivity index (χ1v) is 10.8. The van der Waals surface area contributed by atoms with Crippen LogP contribution in [0, 0.1) is 5.92 Å². The summed E-state index contributed by atoms with van der Waals surface area (Å²) in [6.07, 6.45) is 9.09. The first-order chi connectivity index (χ1) is 13.1. The molecule has 2 aromatic rings. The Morgan fingerprint density at radius 1 is 1.07 bits per heavy atom. The molecule has 2 heteroatoms. The van der Waals surface area contributed by atoms with E-state index >= 15 is 0 Å². The fourth-order valence-electron chi connectivity index (χ4n) is 6.76. The van der Waals surface area contributed by atoms with E-state index in [9.17, 15) is 5.11 Å². The van der Waals surface area contributed by atoms with Gasteiger partial charge in [0.15, 0.2) is 0 Å². The molecule has 0 radical (unpaired) electrons. The largest absolute Gasteiger partial charge is 0.508 e. The summed E-state index contributed by atoms with van der Waals surface area (Å²) < 4.78 is 1.22. The highest BCUT2D eigenvalue weighted by atomic mass is 16.3. The molecule has 0 spiro atoms. The minimum atomic E-state index is 0.333. The number of hydrogen-bond acceptors (Lipinski definition) is 1. The van der Waals surface area contributed by atoms with Gasteiger partial charge in [0.05, 0.1) is 26.2 Å². The molecular weight excluding hydrogens is 330 g/mol. The van der Waals surface area contributed by atoms with E-state index in [2.05, 4.69) is 49.5 Å². The number of quaternary nitrogens is 1. The Hall–Kier alpha value is -1.80. The maximum Gasteiger partial charge on any atom is 0.115 e. The van der Waals surface area contributed by atoms with Gasteiger partial charge < -0.3 is 9.59 Å². The highest BCUT2D eigenvalue weighted by molar-refractivity contribution is 5.44. The molecule has 1 saturated heterocycles.